The van der Waals surface area contributed by atoms with E-state index >= 15 is 0 Å². The molecule has 1 atom stereocenters. The number of benzene rings is 2. The Morgan fingerprint density at radius 1 is 0.862 bits per heavy atom. The zero-order chi connectivity index (χ0) is 21.2. The lowest BCUT2D eigenvalue weighted by Gasteiger charge is -2.23. The lowest BCUT2D eigenvalue weighted by molar-refractivity contribution is 0.0126. The highest BCUT2D eigenvalue weighted by Crippen LogP contribution is 2.40. The van der Waals surface area contributed by atoms with Gasteiger partial charge in [-0.2, -0.15) is 0 Å². The van der Waals surface area contributed by atoms with Gasteiger partial charge in [-0.25, -0.2) is 0 Å². The fourth-order valence-corrected chi connectivity index (χ4v) is 3.09. The number of hydrogen-bond acceptors (Lipinski definition) is 7. The molecule has 0 saturated carbocycles. The smallest absolute Gasteiger partial charge is 0.203 e. The molecule has 0 aliphatic heterocycles. The number of nitrogens with zero attached hydrogens (tertiary/aromatic N) is 1. The van der Waals surface area contributed by atoms with Crippen molar-refractivity contribution in [2.75, 3.05) is 48.6 Å². The van der Waals surface area contributed by atoms with Crippen molar-refractivity contribution in [2.24, 2.45) is 0 Å². The molecule has 29 heavy (non-hydrogen) atoms. The van der Waals surface area contributed by atoms with Crippen molar-refractivity contribution in [1.82, 2.24) is 4.90 Å². The molecule has 0 fully saturated rings. The lowest BCUT2D eigenvalue weighted by atomic mass is 10.1. The van der Waals surface area contributed by atoms with Crippen LogP contribution >= 0.6 is 0 Å². The molecule has 0 heterocycles. The topological polar surface area (TPSA) is 69.6 Å². The fourth-order valence-electron chi connectivity index (χ4n) is 3.09. The summed E-state index contributed by atoms with van der Waals surface area (Å²) in [5.74, 6) is 2.61. The molecule has 160 valence electrons. The van der Waals surface area contributed by atoms with Crippen molar-refractivity contribution in [2.45, 2.75) is 19.3 Å². The van der Waals surface area contributed by atoms with E-state index in [1.54, 1.807) is 28.4 Å². The molecule has 0 spiro atoms. The molecule has 7 heteroatoms. The van der Waals surface area contributed by atoms with Crippen LogP contribution in [0.4, 0.5) is 0 Å². The summed E-state index contributed by atoms with van der Waals surface area (Å²) in [5, 5.41) is 10.3. The van der Waals surface area contributed by atoms with Crippen LogP contribution in [0.25, 0.3) is 0 Å². The van der Waals surface area contributed by atoms with E-state index in [0.29, 0.717) is 36.9 Å². The number of aliphatic hydroxyl groups is 1. The van der Waals surface area contributed by atoms with Crippen molar-refractivity contribution in [3.8, 4) is 23.0 Å². The predicted molar refractivity (Wildman–Crippen MR) is 111 cm³/mol. The van der Waals surface area contributed by atoms with Crippen LogP contribution in [0.2, 0.25) is 0 Å². The summed E-state index contributed by atoms with van der Waals surface area (Å²) in [6.45, 7) is 1.73. The van der Waals surface area contributed by atoms with Crippen molar-refractivity contribution in [3.63, 3.8) is 0 Å². The summed E-state index contributed by atoms with van der Waals surface area (Å²) in [6, 6.07) is 11.4. The summed E-state index contributed by atoms with van der Waals surface area (Å²) in [6.07, 6.45) is -0.607. The van der Waals surface area contributed by atoms with Gasteiger partial charge in [-0.15, -0.1) is 0 Å². The Balaban J connectivity index is 1.85. The molecule has 0 aliphatic rings. The first-order valence-electron chi connectivity index (χ1n) is 9.37. The number of methoxy groups -OCH3 is 4. The zero-order valence-corrected chi connectivity index (χ0v) is 17.8. The molecular formula is C22H31NO6. The fraction of sp³-hybridized carbons (Fsp3) is 0.455. The SMILES string of the molecule is COc1ccc(COC[C@@H](O)CN(C)Cc2ccc(OC)c(OC)c2OC)cc1. The molecule has 0 saturated heterocycles. The lowest BCUT2D eigenvalue weighted by Crippen LogP contribution is -2.32. The summed E-state index contributed by atoms with van der Waals surface area (Å²) < 4.78 is 27.0. The first-order chi connectivity index (χ1) is 14.0. The second-order valence-electron chi connectivity index (χ2n) is 6.71. The minimum absolute atomic E-state index is 0.249. The molecular weight excluding hydrogens is 374 g/mol. The van der Waals surface area contributed by atoms with Crippen LogP contribution in [0.1, 0.15) is 11.1 Å². The second kappa shape index (κ2) is 11.5. The van der Waals surface area contributed by atoms with Crippen molar-refractivity contribution < 1.29 is 28.8 Å². The average Bonchev–Trinajstić information content (AvgIpc) is 2.73. The Labute approximate surface area is 172 Å². The quantitative estimate of drug-likeness (QED) is 0.582. The average molecular weight is 405 g/mol. The maximum atomic E-state index is 10.3. The van der Waals surface area contributed by atoms with Gasteiger partial charge in [0.05, 0.1) is 47.8 Å². The molecule has 0 aliphatic carbocycles. The Morgan fingerprint density at radius 2 is 1.55 bits per heavy atom. The summed E-state index contributed by atoms with van der Waals surface area (Å²) in [4.78, 5) is 2.01. The summed E-state index contributed by atoms with van der Waals surface area (Å²) in [7, 11) is 8.34. The van der Waals surface area contributed by atoms with Gasteiger partial charge in [-0.05, 0) is 30.8 Å². The number of aliphatic hydroxyl groups excluding tert-OH is 1. The standard InChI is InChI=1S/C22H31NO6/c1-23(12-17-8-11-20(26-3)22(28-5)21(17)27-4)13-18(24)15-29-14-16-6-9-19(25-2)10-7-16/h6-11,18,24H,12-15H2,1-5H3/t18-/m0/s1. The maximum absolute atomic E-state index is 10.3. The number of likely N-dealkylation sites (N-methyl/N-ethyl adjacent to an activating group) is 1. The molecule has 0 radical (unpaired) electrons. The van der Waals surface area contributed by atoms with Gasteiger partial charge in [-0.1, -0.05) is 18.2 Å². The second-order valence-corrected chi connectivity index (χ2v) is 6.71. The van der Waals surface area contributed by atoms with Crippen LogP contribution in [0.5, 0.6) is 23.0 Å². The molecule has 2 aromatic rings. The Bertz CT molecular complexity index is 750. The number of ether oxygens (including phenoxy) is 5. The van der Waals surface area contributed by atoms with E-state index in [-0.39, 0.29) is 6.61 Å². The minimum atomic E-state index is -0.607. The molecule has 7 nitrogen and oxygen atoms in total. The van der Waals surface area contributed by atoms with Gasteiger partial charge in [0.25, 0.3) is 0 Å². The van der Waals surface area contributed by atoms with Crippen molar-refractivity contribution >= 4 is 0 Å². The van der Waals surface area contributed by atoms with Crippen molar-refractivity contribution in [3.05, 3.63) is 47.5 Å². The zero-order valence-electron chi connectivity index (χ0n) is 17.8. The van der Waals surface area contributed by atoms with Gasteiger partial charge in [0.15, 0.2) is 11.5 Å². The van der Waals surface area contributed by atoms with Crippen molar-refractivity contribution in [1.29, 1.82) is 0 Å². The molecule has 0 amide bonds. The van der Waals surface area contributed by atoms with E-state index in [1.807, 2.05) is 48.3 Å². The van der Waals surface area contributed by atoms with Gasteiger partial charge in [0.1, 0.15) is 5.75 Å². The van der Waals surface area contributed by atoms with Gasteiger partial charge in [0.2, 0.25) is 5.75 Å². The normalized spacial score (nSPS) is 12.0. The largest absolute Gasteiger partial charge is 0.497 e. The highest BCUT2D eigenvalue weighted by Gasteiger charge is 2.18. The third-order valence-electron chi connectivity index (χ3n) is 4.49. The van der Waals surface area contributed by atoms with E-state index in [2.05, 4.69) is 0 Å². The Hall–Kier alpha value is -2.48. The van der Waals surface area contributed by atoms with Crippen LogP contribution in [-0.4, -0.2) is 64.7 Å². The van der Waals surface area contributed by atoms with E-state index < -0.39 is 6.10 Å². The molecule has 0 bridgehead atoms. The monoisotopic (exact) mass is 405 g/mol. The van der Waals surface area contributed by atoms with Crippen LogP contribution in [0, 0.1) is 0 Å². The predicted octanol–water partition coefficient (Wildman–Crippen LogP) is 2.73. The highest BCUT2D eigenvalue weighted by molar-refractivity contribution is 5.55. The van der Waals surface area contributed by atoms with Gasteiger partial charge >= 0.3 is 0 Å². The summed E-state index contributed by atoms with van der Waals surface area (Å²) >= 11 is 0. The first kappa shape index (κ1) is 22.8. The highest BCUT2D eigenvalue weighted by atomic mass is 16.5. The maximum Gasteiger partial charge on any atom is 0.203 e. The molecule has 0 aromatic heterocycles. The minimum Gasteiger partial charge on any atom is -0.497 e. The summed E-state index contributed by atoms with van der Waals surface area (Å²) in [5.41, 5.74) is 1.97. The Morgan fingerprint density at radius 3 is 2.14 bits per heavy atom. The van der Waals surface area contributed by atoms with E-state index in [4.69, 9.17) is 23.7 Å². The third kappa shape index (κ3) is 6.52. The molecule has 2 aromatic carbocycles. The number of rotatable bonds is 12. The molecule has 2 rings (SSSR count). The first-order valence-corrected chi connectivity index (χ1v) is 9.37. The molecule has 1 N–H and O–H groups in total. The van der Waals surface area contributed by atoms with E-state index in [9.17, 15) is 5.11 Å². The number of hydrogen-bond donors (Lipinski definition) is 1. The van der Waals surface area contributed by atoms with E-state index in [1.165, 1.54) is 0 Å². The van der Waals surface area contributed by atoms with E-state index in [0.717, 1.165) is 16.9 Å². The van der Waals surface area contributed by atoms with Crippen LogP contribution in [-0.2, 0) is 17.9 Å². The van der Waals surface area contributed by atoms with Gasteiger partial charge in [0, 0.05) is 18.7 Å². The molecule has 0 unspecified atom stereocenters. The Kier molecular flexibility index (Phi) is 9.05. The van der Waals surface area contributed by atoms with Gasteiger partial charge < -0.3 is 28.8 Å². The third-order valence-corrected chi connectivity index (χ3v) is 4.49. The van der Waals surface area contributed by atoms with Crippen LogP contribution < -0.4 is 18.9 Å². The van der Waals surface area contributed by atoms with Crippen LogP contribution in [0.3, 0.4) is 0 Å². The van der Waals surface area contributed by atoms with Gasteiger partial charge in [-0.3, -0.25) is 4.90 Å². The van der Waals surface area contributed by atoms with Crippen LogP contribution in [0.15, 0.2) is 36.4 Å².